The Bertz CT molecular complexity index is 649. The van der Waals surface area contributed by atoms with Crippen LogP contribution < -0.4 is 10.2 Å². The highest BCUT2D eigenvalue weighted by atomic mass is 79.9. The third-order valence-electron chi connectivity index (χ3n) is 2.75. The molecule has 0 aliphatic carbocycles. The molecule has 0 radical (unpaired) electrons. The zero-order chi connectivity index (χ0) is 16.5. The van der Waals surface area contributed by atoms with Gasteiger partial charge < -0.3 is 10.2 Å². The number of carbonyl (C=O) groups is 3. The molecule has 1 aromatic carbocycles. The van der Waals surface area contributed by atoms with Gasteiger partial charge in [-0.05, 0) is 59.4 Å². The third kappa shape index (κ3) is 3.49. The monoisotopic (exact) mass is 502 g/mol. The number of nitrogens with zero attached hydrogens (tertiary/aromatic N) is 1. The number of amides is 2. The van der Waals surface area contributed by atoms with Gasteiger partial charge in [0, 0.05) is 25.5 Å². The zero-order valence-electron chi connectivity index (χ0n) is 11.2. The summed E-state index contributed by atoms with van der Waals surface area (Å²) in [5.41, 5.74) is 0.586. The predicted octanol–water partition coefficient (Wildman–Crippen LogP) is 3.70. The summed E-state index contributed by atoms with van der Waals surface area (Å²) in [7, 11) is 2.98. The quantitative estimate of drug-likeness (QED) is 0.638. The number of anilines is 1. The first kappa shape index (κ1) is 18.6. The van der Waals surface area contributed by atoms with Crippen molar-refractivity contribution in [1.82, 2.24) is 5.32 Å². The average Bonchev–Trinajstić information content (AvgIpc) is 2.37. The molecule has 5 nitrogen and oxygen atoms in total. The number of benzene rings is 1. The first-order valence-electron chi connectivity index (χ1n) is 5.51. The standard InChI is InChI=1S/C12H10Br3ClN2O3/c1-4(19)18(3)10-8(14)5(11(16)20)7(13)6(9(10)15)12(21)17-2/h1-3H3,(H,17,21). The summed E-state index contributed by atoms with van der Waals surface area (Å²) in [6.07, 6.45) is 0. The van der Waals surface area contributed by atoms with E-state index in [1.54, 1.807) is 0 Å². The van der Waals surface area contributed by atoms with Crippen LogP contribution in [0.15, 0.2) is 13.4 Å². The zero-order valence-corrected chi connectivity index (χ0v) is 16.7. The van der Waals surface area contributed by atoms with E-state index >= 15 is 0 Å². The fourth-order valence-electron chi connectivity index (χ4n) is 1.60. The van der Waals surface area contributed by atoms with Gasteiger partial charge in [-0.1, -0.05) is 0 Å². The first-order chi connectivity index (χ1) is 9.64. The van der Waals surface area contributed by atoms with Crippen LogP contribution in [-0.2, 0) is 4.79 Å². The molecule has 0 aliphatic heterocycles. The Labute approximate surface area is 151 Å². The summed E-state index contributed by atoms with van der Waals surface area (Å²) in [6, 6.07) is 0. The average molecular weight is 505 g/mol. The second-order valence-electron chi connectivity index (χ2n) is 3.97. The summed E-state index contributed by atoms with van der Waals surface area (Å²) in [4.78, 5) is 36.6. The smallest absolute Gasteiger partial charge is 0.254 e. The molecule has 0 atom stereocenters. The van der Waals surface area contributed by atoms with Gasteiger partial charge >= 0.3 is 0 Å². The number of rotatable bonds is 3. The summed E-state index contributed by atoms with van der Waals surface area (Å²) >= 11 is 15.4. The molecule has 1 rings (SSSR count). The highest BCUT2D eigenvalue weighted by molar-refractivity contribution is 9.11. The Hall–Kier alpha value is -0.440. The van der Waals surface area contributed by atoms with Gasteiger partial charge in [0.15, 0.2) is 0 Å². The summed E-state index contributed by atoms with van der Waals surface area (Å²) < 4.78 is 0.910. The van der Waals surface area contributed by atoms with Crippen molar-refractivity contribution < 1.29 is 14.4 Å². The second-order valence-corrected chi connectivity index (χ2v) is 6.69. The van der Waals surface area contributed by atoms with Crippen LogP contribution in [-0.4, -0.2) is 31.2 Å². The largest absolute Gasteiger partial charge is 0.355 e. The fraction of sp³-hybridized carbons (Fsp3) is 0.250. The predicted molar refractivity (Wildman–Crippen MR) is 92.2 cm³/mol. The fourth-order valence-corrected chi connectivity index (χ4v) is 5.26. The van der Waals surface area contributed by atoms with E-state index in [1.807, 2.05) is 0 Å². The van der Waals surface area contributed by atoms with Crippen LogP contribution in [0.2, 0.25) is 0 Å². The van der Waals surface area contributed by atoms with Gasteiger partial charge in [-0.2, -0.15) is 0 Å². The van der Waals surface area contributed by atoms with Crippen LogP contribution >= 0.6 is 59.4 Å². The number of hydrogen-bond donors (Lipinski definition) is 1. The molecule has 1 N–H and O–H groups in total. The van der Waals surface area contributed by atoms with Gasteiger partial charge in [-0.3, -0.25) is 14.4 Å². The van der Waals surface area contributed by atoms with Crippen LogP contribution in [0.1, 0.15) is 27.6 Å². The van der Waals surface area contributed by atoms with E-state index in [0.717, 1.165) is 0 Å². The van der Waals surface area contributed by atoms with Crippen LogP contribution in [0.25, 0.3) is 0 Å². The Morgan fingerprint density at radius 3 is 1.90 bits per heavy atom. The highest BCUT2D eigenvalue weighted by Gasteiger charge is 2.29. The van der Waals surface area contributed by atoms with E-state index in [9.17, 15) is 14.4 Å². The third-order valence-corrected chi connectivity index (χ3v) is 5.28. The van der Waals surface area contributed by atoms with Gasteiger partial charge in [-0.25, -0.2) is 0 Å². The molecular weight excluding hydrogens is 495 g/mol. The van der Waals surface area contributed by atoms with Crippen LogP contribution in [0, 0.1) is 0 Å². The molecule has 114 valence electrons. The van der Waals surface area contributed by atoms with Crippen molar-refractivity contribution in [3.63, 3.8) is 0 Å². The van der Waals surface area contributed by atoms with E-state index < -0.39 is 11.1 Å². The minimum atomic E-state index is -0.760. The Morgan fingerprint density at radius 1 is 1.05 bits per heavy atom. The van der Waals surface area contributed by atoms with Crippen molar-refractivity contribution >= 4 is 82.1 Å². The van der Waals surface area contributed by atoms with Crippen molar-refractivity contribution in [2.45, 2.75) is 6.92 Å². The SMILES string of the molecule is CNC(=O)c1c(Br)c(C(=O)Cl)c(Br)c(N(C)C(C)=O)c1Br. The molecule has 0 aliphatic rings. The summed E-state index contributed by atoms with van der Waals surface area (Å²) in [5.74, 6) is -0.701. The van der Waals surface area contributed by atoms with E-state index in [2.05, 4.69) is 53.1 Å². The van der Waals surface area contributed by atoms with E-state index in [1.165, 1.54) is 25.9 Å². The molecule has 0 spiro atoms. The van der Waals surface area contributed by atoms with E-state index in [4.69, 9.17) is 11.6 Å². The maximum atomic E-state index is 12.0. The van der Waals surface area contributed by atoms with Crippen LogP contribution in [0.5, 0.6) is 0 Å². The van der Waals surface area contributed by atoms with Crippen LogP contribution in [0.3, 0.4) is 0 Å². The van der Waals surface area contributed by atoms with Crippen LogP contribution in [0.4, 0.5) is 5.69 Å². The maximum absolute atomic E-state index is 12.0. The lowest BCUT2D eigenvalue weighted by Gasteiger charge is -2.23. The molecule has 2 amide bonds. The molecule has 1 aromatic rings. The van der Waals surface area contributed by atoms with E-state index in [0.29, 0.717) is 14.6 Å². The molecule has 0 heterocycles. The van der Waals surface area contributed by atoms with Crippen molar-refractivity contribution in [2.24, 2.45) is 0 Å². The van der Waals surface area contributed by atoms with Crippen molar-refractivity contribution in [2.75, 3.05) is 19.0 Å². The first-order valence-corrected chi connectivity index (χ1v) is 8.27. The van der Waals surface area contributed by atoms with Gasteiger partial charge in [0.25, 0.3) is 11.1 Å². The topological polar surface area (TPSA) is 66.5 Å². The molecule has 21 heavy (non-hydrogen) atoms. The lowest BCUT2D eigenvalue weighted by Crippen LogP contribution is -2.27. The number of nitrogens with one attached hydrogen (secondary N) is 1. The Kier molecular flexibility index (Phi) is 6.39. The normalized spacial score (nSPS) is 10.2. The Morgan fingerprint density at radius 2 is 1.52 bits per heavy atom. The minimum Gasteiger partial charge on any atom is -0.355 e. The van der Waals surface area contributed by atoms with Gasteiger partial charge in [0.2, 0.25) is 5.91 Å². The summed E-state index contributed by atoms with van der Waals surface area (Å²) in [5, 5.41) is 1.71. The lowest BCUT2D eigenvalue weighted by atomic mass is 10.1. The molecule has 0 fully saturated rings. The molecule has 0 saturated heterocycles. The number of hydrogen-bond acceptors (Lipinski definition) is 3. The van der Waals surface area contributed by atoms with Gasteiger partial charge in [0.05, 0.1) is 25.8 Å². The molecule has 0 aromatic heterocycles. The van der Waals surface area contributed by atoms with Gasteiger partial charge in [-0.15, -0.1) is 0 Å². The molecular formula is C12H10Br3ClN2O3. The molecule has 0 unspecified atom stereocenters. The maximum Gasteiger partial charge on any atom is 0.254 e. The summed E-state index contributed by atoms with van der Waals surface area (Å²) in [6.45, 7) is 1.36. The number of halogens is 4. The lowest BCUT2D eigenvalue weighted by molar-refractivity contribution is -0.116. The number of carbonyl (C=O) groups excluding carboxylic acids is 3. The molecule has 9 heteroatoms. The van der Waals surface area contributed by atoms with Crippen molar-refractivity contribution in [1.29, 1.82) is 0 Å². The van der Waals surface area contributed by atoms with Crippen molar-refractivity contribution in [3.8, 4) is 0 Å². The van der Waals surface area contributed by atoms with E-state index in [-0.39, 0.29) is 21.5 Å². The second kappa shape index (κ2) is 7.21. The minimum absolute atomic E-state index is 0.0709. The Balaban J connectivity index is 3.89. The van der Waals surface area contributed by atoms with Gasteiger partial charge in [0.1, 0.15) is 0 Å². The molecule has 0 bridgehead atoms. The van der Waals surface area contributed by atoms with Crippen molar-refractivity contribution in [3.05, 3.63) is 24.5 Å². The highest BCUT2D eigenvalue weighted by Crippen LogP contribution is 2.44. The molecule has 0 saturated carbocycles.